The molecule has 0 aliphatic heterocycles. The van der Waals surface area contributed by atoms with Gasteiger partial charge in [-0.1, -0.05) is 24.3 Å². The second-order valence-corrected chi connectivity index (χ2v) is 1.39. The zero-order valence-electron chi connectivity index (χ0n) is 5.02. The van der Waals surface area contributed by atoms with Crippen LogP contribution in [0.2, 0.25) is 0 Å². The number of hydrogen-bond donors (Lipinski definition) is 0. The van der Waals surface area contributed by atoms with E-state index in [1.807, 2.05) is 24.3 Å². The minimum atomic E-state index is 0.334. The molecule has 0 unspecified atom stereocenters. The third-order valence-electron chi connectivity index (χ3n) is 0.773. The summed E-state index contributed by atoms with van der Waals surface area (Å²) in [4.78, 5) is 0. The van der Waals surface area contributed by atoms with Crippen LogP contribution in [0.1, 0.15) is 6.93 Å². The third kappa shape index (κ3) is 1.04. The lowest BCUT2D eigenvalue weighted by Gasteiger charge is -1.81. The van der Waals surface area contributed by atoms with E-state index in [9.17, 15) is 0 Å². The fraction of sp³-hybridized carbons (Fsp3) is 0.143. The summed E-state index contributed by atoms with van der Waals surface area (Å²) in [7, 11) is 0. The maximum atomic E-state index is 6.91. The van der Waals surface area contributed by atoms with E-state index in [1.165, 1.54) is 0 Å². The van der Waals surface area contributed by atoms with Crippen molar-refractivity contribution in [3.63, 3.8) is 0 Å². The van der Waals surface area contributed by atoms with Crippen LogP contribution in [-0.2, 0) is 0 Å². The molecule has 1 aromatic rings. The van der Waals surface area contributed by atoms with Gasteiger partial charge in [-0.3, -0.25) is 0 Å². The van der Waals surface area contributed by atoms with E-state index < -0.39 is 0 Å². The molecule has 0 aromatic heterocycles. The molecule has 0 amide bonds. The quantitative estimate of drug-likeness (QED) is 0.457. The lowest BCUT2D eigenvalue weighted by atomic mass is 10.2. The molecule has 0 bridgehead atoms. The summed E-state index contributed by atoms with van der Waals surface area (Å²) in [5.41, 5.74) is 0.951. The smallest absolute Gasteiger partial charge is 0.0280 e. The molecule has 0 aliphatic carbocycles. The molecule has 0 saturated carbocycles. The lowest BCUT2D eigenvalue weighted by Crippen LogP contribution is -1.63. The maximum absolute atomic E-state index is 6.91. The Bertz CT molecular complexity index is 146. The van der Waals surface area contributed by atoms with Gasteiger partial charge in [-0.05, 0) is 18.5 Å². The van der Waals surface area contributed by atoms with E-state index in [0.29, 0.717) is 6.90 Å². The molecule has 0 N–H and O–H groups in total. The third-order valence-corrected chi connectivity index (χ3v) is 0.773. The summed E-state index contributed by atoms with van der Waals surface area (Å²) in [5.74, 6) is 0. The SMILES string of the molecule is [2H]Cc1[c]cccc1. The van der Waals surface area contributed by atoms with Crippen molar-refractivity contribution in [3.8, 4) is 0 Å². The van der Waals surface area contributed by atoms with Crippen molar-refractivity contribution in [1.82, 2.24) is 0 Å². The van der Waals surface area contributed by atoms with Crippen LogP contribution in [0.3, 0.4) is 0 Å². The van der Waals surface area contributed by atoms with E-state index in [-0.39, 0.29) is 0 Å². The average molecular weight is 92.1 g/mol. The molecule has 0 saturated heterocycles. The van der Waals surface area contributed by atoms with Crippen LogP contribution in [0.15, 0.2) is 24.3 Å². The Kier molecular flexibility index (Phi) is 0.828. The van der Waals surface area contributed by atoms with Gasteiger partial charge in [0, 0.05) is 1.37 Å². The lowest BCUT2D eigenvalue weighted by molar-refractivity contribution is 1.46. The molecule has 0 fully saturated rings. The van der Waals surface area contributed by atoms with Gasteiger partial charge in [-0.15, -0.1) is 0 Å². The monoisotopic (exact) mass is 92.1 g/mol. The van der Waals surface area contributed by atoms with Gasteiger partial charge in [0.15, 0.2) is 0 Å². The van der Waals surface area contributed by atoms with Crippen LogP contribution in [0, 0.1) is 13.0 Å². The predicted octanol–water partition coefficient (Wildman–Crippen LogP) is 1.80. The van der Waals surface area contributed by atoms with E-state index in [2.05, 4.69) is 6.07 Å². The Hall–Kier alpha value is -0.780. The fourth-order valence-electron chi connectivity index (χ4n) is 0.431. The number of benzene rings is 1. The van der Waals surface area contributed by atoms with Gasteiger partial charge in [0.05, 0.1) is 0 Å². The summed E-state index contributed by atoms with van der Waals surface area (Å²) in [6, 6.07) is 10.5. The van der Waals surface area contributed by atoms with Gasteiger partial charge < -0.3 is 0 Å². The highest BCUT2D eigenvalue weighted by Gasteiger charge is 1.73. The van der Waals surface area contributed by atoms with Crippen LogP contribution in [0.4, 0.5) is 0 Å². The summed E-state index contributed by atoms with van der Waals surface area (Å²) in [5, 5.41) is 0. The molecule has 0 nitrogen and oxygen atoms in total. The Morgan fingerprint density at radius 2 is 2.71 bits per heavy atom. The van der Waals surface area contributed by atoms with E-state index in [1.54, 1.807) is 0 Å². The Balaban J connectivity index is 2.83. The van der Waals surface area contributed by atoms with Gasteiger partial charge in [-0.2, -0.15) is 0 Å². The second kappa shape index (κ2) is 1.78. The van der Waals surface area contributed by atoms with E-state index in [4.69, 9.17) is 1.37 Å². The standard InChI is InChI=1S/C7H7/c1-7-5-3-2-4-6-7/h2-5H,1H3/i1D. The highest BCUT2D eigenvalue weighted by molar-refractivity contribution is 5.09. The Labute approximate surface area is 45.2 Å². The average Bonchev–Trinajstić information content (AvgIpc) is 1.90. The first-order chi connectivity index (χ1) is 3.93. The van der Waals surface area contributed by atoms with Crippen molar-refractivity contribution in [3.05, 3.63) is 35.9 Å². The summed E-state index contributed by atoms with van der Waals surface area (Å²) in [6.07, 6.45) is 0. The zero-order chi connectivity index (χ0) is 5.82. The Morgan fingerprint density at radius 1 is 1.71 bits per heavy atom. The molecule has 0 heterocycles. The normalized spacial score (nSPS) is 10.6. The largest absolute Gasteiger partial charge is 0.0620 e. The molecular weight excluding hydrogens is 84.1 g/mol. The highest BCUT2D eigenvalue weighted by Crippen LogP contribution is 1.90. The molecule has 1 radical (unpaired) electrons. The van der Waals surface area contributed by atoms with E-state index >= 15 is 0 Å². The van der Waals surface area contributed by atoms with Crippen LogP contribution in [0.25, 0.3) is 0 Å². The molecule has 0 atom stereocenters. The predicted molar refractivity (Wildman–Crippen MR) is 30.0 cm³/mol. The molecule has 35 valence electrons. The number of hydrogen-bond acceptors (Lipinski definition) is 0. The zero-order valence-corrected chi connectivity index (χ0v) is 4.02. The molecule has 0 heteroatoms. The number of rotatable bonds is 0. The summed E-state index contributed by atoms with van der Waals surface area (Å²) in [6.45, 7) is 0.334. The van der Waals surface area contributed by atoms with Crippen molar-refractivity contribution in [1.29, 1.82) is 0 Å². The first kappa shape index (κ1) is 3.25. The minimum absolute atomic E-state index is 0.334. The van der Waals surface area contributed by atoms with E-state index in [0.717, 1.165) is 5.56 Å². The molecule has 0 aliphatic rings. The Morgan fingerprint density at radius 3 is 3.14 bits per heavy atom. The van der Waals surface area contributed by atoms with Gasteiger partial charge in [0.25, 0.3) is 0 Å². The molecule has 0 spiro atoms. The fourth-order valence-corrected chi connectivity index (χ4v) is 0.431. The van der Waals surface area contributed by atoms with Crippen LogP contribution in [0.5, 0.6) is 0 Å². The second-order valence-electron chi connectivity index (χ2n) is 1.39. The van der Waals surface area contributed by atoms with Gasteiger partial charge in [0.2, 0.25) is 0 Å². The molecule has 1 aromatic carbocycles. The van der Waals surface area contributed by atoms with Gasteiger partial charge >= 0.3 is 0 Å². The van der Waals surface area contributed by atoms with Crippen molar-refractivity contribution in [2.24, 2.45) is 0 Å². The summed E-state index contributed by atoms with van der Waals surface area (Å²) < 4.78 is 6.91. The first-order valence-electron chi connectivity index (χ1n) is 2.89. The van der Waals surface area contributed by atoms with Gasteiger partial charge in [-0.25, -0.2) is 0 Å². The van der Waals surface area contributed by atoms with Crippen LogP contribution >= 0.6 is 0 Å². The summed E-state index contributed by atoms with van der Waals surface area (Å²) >= 11 is 0. The van der Waals surface area contributed by atoms with Crippen molar-refractivity contribution >= 4 is 0 Å². The molecular formula is C7H7. The molecule has 1 rings (SSSR count). The number of aryl methyl sites for hydroxylation is 1. The van der Waals surface area contributed by atoms with Crippen LogP contribution in [-0.4, -0.2) is 0 Å². The van der Waals surface area contributed by atoms with Crippen molar-refractivity contribution in [2.75, 3.05) is 0 Å². The molecule has 7 heavy (non-hydrogen) atoms. The van der Waals surface area contributed by atoms with Crippen molar-refractivity contribution < 1.29 is 1.37 Å². The van der Waals surface area contributed by atoms with Crippen LogP contribution < -0.4 is 0 Å². The van der Waals surface area contributed by atoms with Crippen molar-refractivity contribution in [2.45, 2.75) is 6.90 Å². The minimum Gasteiger partial charge on any atom is -0.0620 e. The topological polar surface area (TPSA) is 0 Å². The van der Waals surface area contributed by atoms with Gasteiger partial charge in [0.1, 0.15) is 0 Å². The maximum Gasteiger partial charge on any atom is 0.0280 e. The highest BCUT2D eigenvalue weighted by atomic mass is 13.8. The first-order valence-corrected chi connectivity index (χ1v) is 2.18.